The zero-order valence-corrected chi connectivity index (χ0v) is 15.5. The van der Waals surface area contributed by atoms with E-state index in [1.165, 1.54) is 30.6 Å². The van der Waals surface area contributed by atoms with Crippen LogP contribution in [0.4, 0.5) is 5.13 Å². The van der Waals surface area contributed by atoms with Gasteiger partial charge in [-0.05, 0) is 50.0 Å². The molecule has 2 heterocycles. The van der Waals surface area contributed by atoms with Crippen LogP contribution in [0.3, 0.4) is 0 Å². The first kappa shape index (κ1) is 17.9. The van der Waals surface area contributed by atoms with Crippen molar-refractivity contribution in [3.05, 3.63) is 40.9 Å². The molecule has 134 valence electrons. The number of methoxy groups -OCH3 is 1. The van der Waals surface area contributed by atoms with Crippen LogP contribution in [0.15, 0.2) is 29.6 Å². The summed E-state index contributed by atoms with van der Waals surface area (Å²) in [6.07, 6.45) is 5.02. The van der Waals surface area contributed by atoms with Crippen molar-refractivity contribution in [2.75, 3.05) is 25.5 Å². The molecule has 0 unspecified atom stereocenters. The Morgan fingerprint density at radius 2 is 2.16 bits per heavy atom. The van der Waals surface area contributed by atoms with E-state index in [4.69, 9.17) is 4.74 Å². The number of aryl methyl sites for hydroxylation is 1. The first-order chi connectivity index (χ1) is 12.2. The lowest BCUT2D eigenvalue weighted by Crippen LogP contribution is -2.29. The van der Waals surface area contributed by atoms with Crippen molar-refractivity contribution in [1.82, 2.24) is 9.88 Å². The van der Waals surface area contributed by atoms with Crippen LogP contribution in [0.2, 0.25) is 0 Å². The van der Waals surface area contributed by atoms with Crippen LogP contribution < -0.4 is 10.1 Å². The number of anilines is 1. The molecule has 0 bridgehead atoms. The standard InChI is InChI=1S/C19H25N3O2S/c1-24-17-7-5-6-15(12-17)8-9-18(23)21-19-20-16(14-25-19)13-22-10-3-2-4-11-22/h5-7,12,14H,2-4,8-11,13H2,1H3,(H,20,21,23). The largest absolute Gasteiger partial charge is 0.497 e. The van der Waals surface area contributed by atoms with Gasteiger partial charge in [-0.15, -0.1) is 11.3 Å². The fraction of sp³-hybridized carbons (Fsp3) is 0.474. The number of carbonyl (C=O) groups is 1. The second-order valence-electron chi connectivity index (χ2n) is 6.38. The van der Waals surface area contributed by atoms with E-state index in [0.29, 0.717) is 18.0 Å². The molecule has 3 rings (SSSR count). The maximum atomic E-state index is 12.2. The summed E-state index contributed by atoms with van der Waals surface area (Å²) in [4.78, 5) is 19.1. The van der Waals surface area contributed by atoms with Crippen LogP contribution in [-0.4, -0.2) is 36.0 Å². The molecule has 2 aromatic rings. The minimum atomic E-state index is 0.00157. The number of rotatable bonds is 7. The van der Waals surface area contributed by atoms with Crippen LogP contribution in [0.5, 0.6) is 5.75 Å². The monoisotopic (exact) mass is 359 g/mol. The molecule has 1 N–H and O–H groups in total. The highest BCUT2D eigenvalue weighted by molar-refractivity contribution is 7.13. The molecule has 1 saturated heterocycles. The van der Waals surface area contributed by atoms with E-state index in [9.17, 15) is 4.79 Å². The number of nitrogens with one attached hydrogen (secondary N) is 1. The summed E-state index contributed by atoms with van der Waals surface area (Å²) in [5.74, 6) is 0.821. The second kappa shape index (κ2) is 8.97. The molecule has 1 aliphatic rings. The van der Waals surface area contributed by atoms with E-state index in [-0.39, 0.29) is 5.91 Å². The normalized spacial score (nSPS) is 15.1. The van der Waals surface area contributed by atoms with Gasteiger partial charge in [-0.25, -0.2) is 4.98 Å². The quantitative estimate of drug-likeness (QED) is 0.819. The zero-order chi connectivity index (χ0) is 17.5. The molecule has 1 aromatic carbocycles. The third-order valence-electron chi connectivity index (χ3n) is 4.41. The van der Waals surface area contributed by atoms with Crippen molar-refractivity contribution >= 4 is 22.4 Å². The van der Waals surface area contributed by atoms with E-state index in [1.54, 1.807) is 7.11 Å². The van der Waals surface area contributed by atoms with Gasteiger partial charge in [-0.3, -0.25) is 9.69 Å². The molecule has 0 aliphatic carbocycles. The van der Waals surface area contributed by atoms with Gasteiger partial charge in [0.1, 0.15) is 5.75 Å². The zero-order valence-electron chi connectivity index (χ0n) is 14.7. The van der Waals surface area contributed by atoms with Crippen LogP contribution in [0.1, 0.15) is 36.9 Å². The van der Waals surface area contributed by atoms with Gasteiger partial charge in [0.05, 0.1) is 12.8 Å². The molecule has 25 heavy (non-hydrogen) atoms. The molecule has 5 nitrogen and oxygen atoms in total. The first-order valence-corrected chi connectivity index (χ1v) is 9.70. The number of ether oxygens (including phenoxy) is 1. The molecular formula is C19H25N3O2S. The molecule has 1 aliphatic heterocycles. The van der Waals surface area contributed by atoms with Crippen molar-refractivity contribution in [2.24, 2.45) is 0 Å². The molecule has 1 amide bonds. The molecular weight excluding hydrogens is 334 g/mol. The highest BCUT2D eigenvalue weighted by Crippen LogP contribution is 2.19. The Labute approximate surface area is 153 Å². The van der Waals surface area contributed by atoms with Crippen LogP contribution in [0.25, 0.3) is 0 Å². The summed E-state index contributed by atoms with van der Waals surface area (Å²) in [5.41, 5.74) is 2.15. The lowest BCUT2D eigenvalue weighted by atomic mass is 10.1. The first-order valence-electron chi connectivity index (χ1n) is 8.82. The Balaban J connectivity index is 1.46. The van der Waals surface area contributed by atoms with Gasteiger partial charge >= 0.3 is 0 Å². The maximum absolute atomic E-state index is 12.2. The maximum Gasteiger partial charge on any atom is 0.226 e. The minimum absolute atomic E-state index is 0.00157. The van der Waals surface area contributed by atoms with E-state index in [0.717, 1.165) is 36.6 Å². The number of likely N-dealkylation sites (tertiary alicyclic amines) is 1. The number of carbonyl (C=O) groups excluding carboxylic acids is 1. The SMILES string of the molecule is COc1cccc(CCC(=O)Nc2nc(CN3CCCCC3)cs2)c1. The Kier molecular flexibility index (Phi) is 6.42. The van der Waals surface area contributed by atoms with Crippen molar-refractivity contribution < 1.29 is 9.53 Å². The van der Waals surface area contributed by atoms with E-state index in [2.05, 4.69) is 15.2 Å². The number of aromatic nitrogens is 1. The smallest absolute Gasteiger partial charge is 0.226 e. The van der Waals surface area contributed by atoms with Gasteiger partial charge in [0, 0.05) is 18.3 Å². The average Bonchev–Trinajstić information content (AvgIpc) is 3.08. The van der Waals surface area contributed by atoms with Crippen LogP contribution in [-0.2, 0) is 17.8 Å². The molecule has 0 spiro atoms. The topological polar surface area (TPSA) is 54.5 Å². The van der Waals surface area contributed by atoms with Crippen molar-refractivity contribution in [2.45, 2.75) is 38.6 Å². The van der Waals surface area contributed by atoms with Gasteiger partial charge in [-0.1, -0.05) is 18.6 Å². The molecule has 0 radical (unpaired) electrons. The van der Waals surface area contributed by atoms with Gasteiger partial charge in [0.15, 0.2) is 5.13 Å². The highest BCUT2D eigenvalue weighted by atomic mass is 32.1. The summed E-state index contributed by atoms with van der Waals surface area (Å²) in [6, 6.07) is 7.83. The second-order valence-corrected chi connectivity index (χ2v) is 7.24. The summed E-state index contributed by atoms with van der Waals surface area (Å²) >= 11 is 1.50. The summed E-state index contributed by atoms with van der Waals surface area (Å²) in [6.45, 7) is 3.19. The Bertz CT molecular complexity index is 695. The minimum Gasteiger partial charge on any atom is -0.497 e. The van der Waals surface area contributed by atoms with Gasteiger partial charge in [0.25, 0.3) is 0 Å². The summed E-state index contributed by atoms with van der Waals surface area (Å²) < 4.78 is 5.21. The van der Waals surface area contributed by atoms with Gasteiger partial charge in [0.2, 0.25) is 5.91 Å². The van der Waals surface area contributed by atoms with Crippen molar-refractivity contribution in [3.8, 4) is 5.75 Å². The van der Waals surface area contributed by atoms with Crippen LogP contribution >= 0.6 is 11.3 Å². The Hall–Kier alpha value is -1.92. The highest BCUT2D eigenvalue weighted by Gasteiger charge is 2.13. The molecule has 1 aromatic heterocycles. The predicted octanol–water partition coefficient (Wildman–Crippen LogP) is 3.71. The van der Waals surface area contributed by atoms with E-state index < -0.39 is 0 Å². The van der Waals surface area contributed by atoms with Gasteiger partial charge < -0.3 is 10.1 Å². The van der Waals surface area contributed by atoms with E-state index >= 15 is 0 Å². The number of benzene rings is 1. The summed E-state index contributed by atoms with van der Waals surface area (Å²) in [7, 11) is 1.65. The van der Waals surface area contributed by atoms with Crippen LogP contribution in [0, 0.1) is 0 Å². The lowest BCUT2D eigenvalue weighted by Gasteiger charge is -2.25. The molecule has 0 atom stereocenters. The van der Waals surface area contributed by atoms with Crippen molar-refractivity contribution in [1.29, 1.82) is 0 Å². The Morgan fingerprint density at radius 3 is 2.96 bits per heavy atom. The molecule has 6 heteroatoms. The number of piperidine rings is 1. The Morgan fingerprint density at radius 1 is 1.32 bits per heavy atom. The third kappa shape index (κ3) is 5.54. The third-order valence-corrected chi connectivity index (χ3v) is 5.21. The average molecular weight is 359 g/mol. The molecule has 1 fully saturated rings. The fourth-order valence-electron chi connectivity index (χ4n) is 3.05. The summed E-state index contributed by atoms with van der Waals surface area (Å²) in [5, 5.41) is 5.66. The van der Waals surface area contributed by atoms with Gasteiger partial charge in [-0.2, -0.15) is 0 Å². The lowest BCUT2D eigenvalue weighted by molar-refractivity contribution is -0.116. The number of thiazole rings is 1. The number of nitrogens with zero attached hydrogens (tertiary/aromatic N) is 2. The van der Waals surface area contributed by atoms with Crippen molar-refractivity contribution in [3.63, 3.8) is 0 Å². The number of amides is 1. The van der Waals surface area contributed by atoms with E-state index in [1.807, 2.05) is 29.6 Å². The number of hydrogen-bond acceptors (Lipinski definition) is 5. The fourth-order valence-corrected chi connectivity index (χ4v) is 3.77. The number of hydrogen-bond donors (Lipinski definition) is 1. The predicted molar refractivity (Wildman–Crippen MR) is 101 cm³/mol. The molecule has 0 saturated carbocycles.